The van der Waals surface area contributed by atoms with Gasteiger partial charge in [0, 0.05) is 12.5 Å². The van der Waals surface area contributed by atoms with E-state index >= 15 is 0 Å². The van der Waals surface area contributed by atoms with E-state index in [1.54, 1.807) is 11.9 Å². The van der Waals surface area contributed by atoms with Crippen LogP contribution < -0.4 is 16.6 Å². The van der Waals surface area contributed by atoms with Gasteiger partial charge in [0.05, 0.1) is 31.0 Å². The molecule has 2 rings (SSSR count). The summed E-state index contributed by atoms with van der Waals surface area (Å²) in [7, 11) is 0. The predicted molar refractivity (Wildman–Crippen MR) is 113 cm³/mol. The minimum absolute atomic E-state index is 0.0511. The molecule has 0 bridgehead atoms. The molecule has 0 fully saturated rings. The Kier molecular flexibility index (Phi) is 7.43. The maximum absolute atomic E-state index is 12.3. The number of aryl methyl sites for hydroxylation is 1. The molecule has 0 aliphatic carbocycles. The van der Waals surface area contributed by atoms with Crippen LogP contribution in [0.1, 0.15) is 54.0 Å². The summed E-state index contributed by atoms with van der Waals surface area (Å²) in [6.45, 7) is 8.55. The van der Waals surface area contributed by atoms with Crippen LogP contribution in [0.25, 0.3) is 0 Å². The maximum atomic E-state index is 12.3. The first-order chi connectivity index (χ1) is 13.3. The highest BCUT2D eigenvalue weighted by molar-refractivity contribution is 5.75. The zero-order valence-electron chi connectivity index (χ0n) is 17.2. The van der Waals surface area contributed by atoms with Crippen molar-refractivity contribution in [3.05, 3.63) is 58.1 Å². The molecule has 0 saturated carbocycles. The number of esters is 1. The summed E-state index contributed by atoms with van der Waals surface area (Å²) in [5, 5.41) is 11.3. The molecule has 0 aliphatic rings. The third-order valence-electron chi connectivity index (χ3n) is 5.18. The topological polar surface area (TPSA) is 102 Å². The molecule has 28 heavy (non-hydrogen) atoms. The maximum Gasteiger partial charge on any atom is 0.306 e. The number of hydrazine groups is 1. The van der Waals surface area contributed by atoms with E-state index in [9.17, 15) is 9.90 Å². The van der Waals surface area contributed by atoms with Crippen molar-refractivity contribution >= 4 is 17.3 Å². The summed E-state index contributed by atoms with van der Waals surface area (Å²) in [6.07, 6.45) is 0.196. The smallest absolute Gasteiger partial charge is 0.306 e. The highest BCUT2D eigenvalue weighted by Gasteiger charge is 2.23. The molecule has 6 heteroatoms. The van der Waals surface area contributed by atoms with Gasteiger partial charge in [-0.05, 0) is 61.6 Å². The minimum Gasteiger partial charge on any atom is -0.466 e. The number of ether oxygens (including phenoxy) is 1. The van der Waals surface area contributed by atoms with Gasteiger partial charge in [-0.15, -0.1) is 0 Å². The highest BCUT2D eigenvalue weighted by atomic mass is 16.5. The van der Waals surface area contributed by atoms with Crippen LogP contribution in [0.15, 0.2) is 30.3 Å². The van der Waals surface area contributed by atoms with E-state index in [0.29, 0.717) is 18.8 Å². The lowest BCUT2D eigenvalue weighted by Gasteiger charge is -2.25. The second-order valence-electron chi connectivity index (χ2n) is 6.90. The first-order valence-electron chi connectivity index (χ1n) is 9.61. The number of hydrogen-bond acceptors (Lipinski definition) is 6. The Morgan fingerprint density at radius 1 is 1.21 bits per heavy atom. The second-order valence-corrected chi connectivity index (χ2v) is 6.90. The van der Waals surface area contributed by atoms with E-state index in [2.05, 4.69) is 0 Å². The monoisotopic (exact) mass is 385 g/mol. The van der Waals surface area contributed by atoms with Crippen LogP contribution in [0.3, 0.4) is 0 Å². The van der Waals surface area contributed by atoms with Crippen molar-refractivity contribution in [1.29, 1.82) is 0 Å². The molecule has 1 unspecified atom stereocenters. The van der Waals surface area contributed by atoms with Crippen LogP contribution in [0.2, 0.25) is 0 Å². The molecule has 0 spiro atoms. The van der Waals surface area contributed by atoms with Crippen molar-refractivity contribution < 1.29 is 14.6 Å². The van der Waals surface area contributed by atoms with Crippen molar-refractivity contribution in [1.82, 2.24) is 0 Å². The standard InChI is InChI=1S/C22H31N3O3/c1-5-25(24)20-10-9-18(15(4)22(20)23)19(12-21(27)28-6-2)16-8-7-14(3)17(11-16)13-26/h7-11,19,26H,5-6,12-13,23-24H2,1-4H3. The van der Waals surface area contributed by atoms with E-state index < -0.39 is 0 Å². The molecule has 1 atom stereocenters. The van der Waals surface area contributed by atoms with Gasteiger partial charge in [-0.2, -0.15) is 0 Å². The van der Waals surface area contributed by atoms with Crippen molar-refractivity contribution in [2.45, 2.75) is 46.6 Å². The van der Waals surface area contributed by atoms with Gasteiger partial charge in [-0.1, -0.05) is 24.3 Å². The molecule has 0 heterocycles. The van der Waals surface area contributed by atoms with E-state index in [0.717, 1.165) is 33.5 Å². The van der Waals surface area contributed by atoms with Gasteiger partial charge >= 0.3 is 5.97 Å². The average Bonchev–Trinajstić information content (AvgIpc) is 2.68. The molecule has 152 valence electrons. The predicted octanol–water partition coefficient (Wildman–Crippen LogP) is 3.16. The Morgan fingerprint density at radius 2 is 1.93 bits per heavy atom. The van der Waals surface area contributed by atoms with E-state index in [4.69, 9.17) is 16.3 Å². The summed E-state index contributed by atoms with van der Waals surface area (Å²) in [4.78, 5) is 12.3. The zero-order valence-corrected chi connectivity index (χ0v) is 17.2. The number of aliphatic hydroxyl groups is 1. The molecule has 2 aromatic rings. The van der Waals surface area contributed by atoms with Gasteiger partial charge in [-0.3, -0.25) is 4.79 Å². The molecule has 0 aliphatic heterocycles. The number of carbonyl (C=O) groups excluding carboxylic acids is 1. The fourth-order valence-electron chi connectivity index (χ4n) is 3.40. The van der Waals surface area contributed by atoms with Crippen LogP contribution >= 0.6 is 0 Å². The van der Waals surface area contributed by atoms with Crippen LogP contribution in [0.5, 0.6) is 0 Å². The van der Waals surface area contributed by atoms with Gasteiger partial charge in [0.2, 0.25) is 0 Å². The van der Waals surface area contributed by atoms with Crippen molar-refractivity contribution in [2.75, 3.05) is 23.9 Å². The first-order valence-corrected chi connectivity index (χ1v) is 9.61. The second kappa shape index (κ2) is 9.57. The zero-order chi connectivity index (χ0) is 20.8. The van der Waals surface area contributed by atoms with Crippen molar-refractivity contribution in [3.63, 3.8) is 0 Å². The highest BCUT2D eigenvalue weighted by Crippen LogP contribution is 2.37. The van der Waals surface area contributed by atoms with Crippen molar-refractivity contribution in [2.24, 2.45) is 5.84 Å². The number of nitrogen functional groups attached to an aromatic ring is 1. The molecule has 0 amide bonds. The average molecular weight is 386 g/mol. The number of benzene rings is 2. The fourth-order valence-corrected chi connectivity index (χ4v) is 3.40. The molecule has 5 N–H and O–H groups in total. The Bertz CT molecular complexity index is 836. The Labute approximate surface area is 167 Å². The van der Waals surface area contributed by atoms with Gasteiger partial charge in [0.1, 0.15) is 0 Å². The lowest BCUT2D eigenvalue weighted by atomic mass is 9.84. The Balaban J connectivity index is 2.56. The van der Waals surface area contributed by atoms with Gasteiger partial charge in [0.25, 0.3) is 0 Å². The third-order valence-corrected chi connectivity index (χ3v) is 5.18. The summed E-state index contributed by atoms with van der Waals surface area (Å²) >= 11 is 0. The van der Waals surface area contributed by atoms with Gasteiger partial charge in [-0.25, -0.2) is 5.84 Å². The number of aliphatic hydroxyl groups excluding tert-OH is 1. The third kappa shape index (κ3) is 4.64. The minimum atomic E-state index is -0.269. The van der Waals surface area contributed by atoms with Gasteiger partial charge in [0.15, 0.2) is 0 Å². The number of hydrogen-bond donors (Lipinski definition) is 3. The molecule has 2 aromatic carbocycles. The van der Waals surface area contributed by atoms with Crippen LogP contribution in [0.4, 0.5) is 11.4 Å². The van der Waals surface area contributed by atoms with Gasteiger partial charge < -0.3 is 20.6 Å². The normalized spacial score (nSPS) is 11.9. The summed E-state index contributed by atoms with van der Waals surface area (Å²) in [6, 6.07) is 9.76. The lowest BCUT2D eigenvalue weighted by Crippen LogP contribution is -2.31. The summed E-state index contributed by atoms with van der Waals surface area (Å²) in [5.74, 6) is 5.53. The molecular formula is C22H31N3O3. The van der Waals surface area contributed by atoms with E-state index in [1.165, 1.54) is 0 Å². The lowest BCUT2D eigenvalue weighted by molar-refractivity contribution is -0.143. The quantitative estimate of drug-likeness (QED) is 0.279. The fraction of sp³-hybridized carbons (Fsp3) is 0.409. The molecule has 6 nitrogen and oxygen atoms in total. The first kappa shape index (κ1) is 21.7. The van der Waals surface area contributed by atoms with Crippen molar-refractivity contribution in [3.8, 4) is 0 Å². The molecule has 0 saturated heterocycles. The summed E-state index contributed by atoms with van der Waals surface area (Å²) < 4.78 is 5.20. The Hall–Kier alpha value is -2.57. The number of nitrogens with zero attached hydrogens (tertiary/aromatic N) is 1. The van der Waals surface area contributed by atoms with Crippen LogP contribution in [0, 0.1) is 13.8 Å². The number of nitrogens with two attached hydrogens (primary N) is 2. The SMILES string of the molecule is CCOC(=O)CC(c1ccc(C)c(CO)c1)c1ccc(N(N)CC)c(N)c1C. The number of anilines is 2. The molecular weight excluding hydrogens is 354 g/mol. The van der Waals surface area contributed by atoms with Crippen LogP contribution in [-0.2, 0) is 16.1 Å². The largest absolute Gasteiger partial charge is 0.466 e. The molecule has 0 radical (unpaired) electrons. The number of rotatable bonds is 8. The Morgan fingerprint density at radius 3 is 2.54 bits per heavy atom. The summed E-state index contributed by atoms with van der Waals surface area (Å²) in [5.41, 5.74) is 12.4. The van der Waals surface area contributed by atoms with E-state index in [-0.39, 0.29) is 24.9 Å². The van der Waals surface area contributed by atoms with Crippen LogP contribution in [-0.4, -0.2) is 24.2 Å². The van der Waals surface area contributed by atoms with E-state index in [1.807, 2.05) is 51.1 Å². The molecule has 0 aromatic heterocycles. The number of carbonyl (C=O) groups is 1.